The minimum atomic E-state index is -0.417. The predicted molar refractivity (Wildman–Crippen MR) is 86.0 cm³/mol. The summed E-state index contributed by atoms with van der Waals surface area (Å²) in [6, 6.07) is -0.0450. The fourth-order valence-electron chi connectivity index (χ4n) is 2.71. The highest BCUT2D eigenvalue weighted by Crippen LogP contribution is 2.11. The van der Waals surface area contributed by atoms with Crippen LogP contribution in [0.4, 0.5) is 0 Å². The molecule has 0 aliphatic carbocycles. The number of aliphatic hydroxyl groups is 1. The zero-order valence-corrected chi connectivity index (χ0v) is 13.2. The van der Waals surface area contributed by atoms with Gasteiger partial charge in [0.2, 0.25) is 5.91 Å². The van der Waals surface area contributed by atoms with Gasteiger partial charge in [0.05, 0.1) is 12.1 Å². The monoisotopic (exact) mass is 295 g/mol. The summed E-state index contributed by atoms with van der Waals surface area (Å²) in [5, 5.41) is 15.5. The first-order valence-corrected chi connectivity index (χ1v) is 7.64. The number of hydrogen-bond donors (Lipinski definition) is 3. The molecule has 0 bridgehead atoms. The molecule has 3 unspecified atom stereocenters. The number of nitrogens with one attached hydrogen (secondary N) is 2. The van der Waals surface area contributed by atoms with E-state index in [1.165, 1.54) is 0 Å². The zero-order valence-electron chi connectivity index (χ0n) is 13.2. The number of hydrogen-bond acceptors (Lipinski definition) is 4. The molecule has 1 amide bonds. The summed E-state index contributed by atoms with van der Waals surface area (Å²) in [7, 11) is 0. The molecule has 3 N–H and O–H groups in total. The molecule has 1 rings (SSSR count). The zero-order chi connectivity index (χ0) is 15.8. The molecule has 1 fully saturated rings. The van der Waals surface area contributed by atoms with Crippen molar-refractivity contribution < 1.29 is 9.90 Å². The first-order valence-electron chi connectivity index (χ1n) is 7.64. The van der Waals surface area contributed by atoms with Gasteiger partial charge in [0.1, 0.15) is 0 Å². The summed E-state index contributed by atoms with van der Waals surface area (Å²) in [5.41, 5.74) is 0. The molecule has 1 aliphatic heterocycles. The Morgan fingerprint density at radius 3 is 2.48 bits per heavy atom. The fraction of sp³-hybridized carbons (Fsp3) is 0.688. The molecule has 5 heteroatoms. The lowest BCUT2D eigenvalue weighted by Gasteiger charge is -2.33. The van der Waals surface area contributed by atoms with E-state index in [4.69, 9.17) is 0 Å². The Morgan fingerprint density at radius 2 is 2.05 bits per heavy atom. The van der Waals surface area contributed by atoms with E-state index in [0.29, 0.717) is 25.4 Å². The second kappa shape index (κ2) is 8.97. The number of carbonyl (C=O) groups excluding carboxylic acids is 1. The van der Waals surface area contributed by atoms with Crippen molar-refractivity contribution in [2.24, 2.45) is 5.92 Å². The topological polar surface area (TPSA) is 64.6 Å². The van der Waals surface area contributed by atoms with Crippen LogP contribution in [0.1, 0.15) is 20.3 Å². The van der Waals surface area contributed by atoms with Crippen molar-refractivity contribution in [2.45, 2.75) is 38.5 Å². The molecule has 0 saturated carbocycles. The molecular weight excluding hydrogens is 266 g/mol. The lowest BCUT2D eigenvalue weighted by Crippen LogP contribution is -2.50. The van der Waals surface area contributed by atoms with Gasteiger partial charge < -0.3 is 15.7 Å². The van der Waals surface area contributed by atoms with Gasteiger partial charge in [0.15, 0.2) is 0 Å². The van der Waals surface area contributed by atoms with Crippen molar-refractivity contribution in [3.8, 4) is 0 Å². The summed E-state index contributed by atoms with van der Waals surface area (Å²) in [5.74, 6) is 0.377. The van der Waals surface area contributed by atoms with Gasteiger partial charge in [0.25, 0.3) is 0 Å². The van der Waals surface area contributed by atoms with E-state index in [-0.39, 0.29) is 18.0 Å². The Kier molecular flexibility index (Phi) is 7.64. The van der Waals surface area contributed by atoms with Crippen molar-refractivity contribution >= 4 is 5.91 Å². The SMILES string of the molecule is C=CCN(CC=C)C(CNC(=O)C1CC(O)CN1)C(C)C. The molecule has 3 atom stereocenters. The third-order valence-electron chi connectivity index (χ3n) is 3.88. The van der Waals surface area contributed by atoms with Gasteiger partial charge in [-0.3, -0.25) is 9.69 Å². The van der Waals surface area contributed by atoms with Crippen LogP contribution in [-0.4, -0.2) is 60.3 Å². The minimum absolute atomic E-state index is 0.0330. The van der Waals surface area contributed by atoms with Crippen LogP contribution in [0.5, 0.6) is 0 Å². The Hall–Kier alpha value is -1.17. The molecule has 0 aromatic rings. The number of nitrogens with zero attached hydrogens (tertiary/aromatic N) is 1. The van der Waals surface area contributed by atoms with Crippen molar-refractivity contribution in [3.05, 3.63) is 25.3 Å². The van der Waals surface area contributed by atoms with Crippen molar-refractivity contribution in [3.63, 3.8) is 0 Å². The maximum atomic E-state index is 12.1. The van der Waals surface area contributed by atoms with E-state index in [1.807, 2.05) is 12.2 Å². The summed E-state index contributed by atoms with van der Waals surface area (Å²) >= 11 is 0. The molecule has 5 nitrogen and oxygen atoms in total. The third-order valence-corrected chi connectivity index (χ3v) is 3.88. The van der Waals surface area contributed by atoms with Gasteiger partial charge in [-0.05, 0) is 12.3 Å². The average Bonchev–Trinajstić information content (AvgIpc) is 2.85. The Bertz CT molecular complexity index is 347. The number of aliphatic hydroxyl groups excluding tert-OH is 1. The van der Waals surface area contributed by atoms with Gasteiger partial charge in [-0.25, -0.2) is 0 Å². The standard InChI is InChI=1S/C16H29N3O2/c1-5-7-19(8-6-2)15(12(3)4)11-18-16(21)14-9-13(20)10-17-14/h5-6,12-15,17,20H,1-2,7-11H2,3-4H3,(H,18,21). The molecule has 0 spiro atoms. The summed E-state index contributed by atoms with van der Waals surface area (Å²) in [4.78, 5) is 14.4. The molecule has 120 valence electrons. The maximum Gasteiger partial charge on any atom is 0.237 e. The molecular formula is C16H29N3O2. The molecule has 0 radical (unpaired) electrons. The van der Waals surface area contributed by atoms with Crippen LogP contribution in [0.2, 0.25) is 0 Å². The predicted octanol–water partition coefficient (Wildman–Crippen LogP) is 0.524. The van der Waals surface area contributed by atoms with E-state index in [1.54, 1.807) is 0 Å². The summed E-state index contributed by atoms with van der Waals surface area (Å²) < 4.78 is 0. The fourth-order valence-corrected chi connectivity index (χ4v) is 2.71. The third kappa shape index (κ3) is 5.61. The number of amides is 1. The summed E-state index contributed by atoms with van der Waals surface area (Å²) in [6.07, 6.45) is 3.81. The molecule has 21 heavy (non-hydrogen) atoms. The van der Waals surface area contributed by atoms with Gasteiger partial charge in [-0.2, -0.15) is 0 Å². The van der Waals surface area contributed by atoms with Crippen LogP contribution < -0.4 is 10.6 Å². The molecule has 0 aromatic heterocycles. The maximum absolute atomic E-state index is 12.1. The number of rotatable bonds is 9. The molecule has 0 aromatic carbocycles. The normalized spacial score (nSPS) is 23.3. The van der Waals surface area contributed by atoms with E-state index in [0.717, 1.165) is 13.1 Å². The van der Waals surface area contributed by atoms with E-state index in [2.05, 4.69) is 42.5 Å². The van der Waals surface area contributed by atoms with Crippen molar-refractivity contribution in [2.75, 3.05) is 26.2 Å². The van der Waals surface area contributed by atoms with Crippen LogP contribution >= 0.6 is 0 Å². The lowest BCUT2D eigenvalue weighted by molar-refractivity contribution is -0.123. The van der Waals surface area contributed by atoms with Crippen LogP contribution in [0.15, 0.2) is 25.3 Å². The molecule has 1 heterocycles. The number of carbonyl (C=O) groups is 1. The summed E-state index contributed by atoms with van der Waals surface area (Å²) in [6.45, 7) is 14.5. The largest absolute Gasteiger partial charge is 0.392 e. The van der Waals surface area contributed by atoms with E-state index >= 15 is 0 Å². The first-order chi connectivity index (χ1) is 9.99. The van der Waals surface area contributed by atoms with Crippen LogP contribution in [-0.2, 0) is 4.79 Å². The highest BCUT2D eigenvalue weighted by molar-refractivity contribution is 5.82. The second-order valence-electron chi connectivity index (χ2n) is 5.94. The Morgan fingerprint density at radius 1 is 1.43 bits per heavy atom. The van der Waals surface area contributed by atoms with Gasteiger partial charge in [0, 0.05) is 32.2 Å². The quantitative estimate of drug-likeness (QED) is 0.543. The Labute approximate surface area is 128 Å². The Balaban J connectivity index is 2.55. The smallest absolute Gasteiger partial charge is 0.237 e. The molecule has 1 aliphatic rings. The lowest BCUT2D eigenvalue weighted by atomic mass is 10.0. The highest BCUT2D eigenvalue weighted by atomic mass is 16.3. The van der Waals surface area contributed by atoms with Crippen LogP contribution in [0.25, 0.3) is 0 Å². The first kappa shape index (κ1) is 17.9. The van der Waals surface area contributed by atoms with Crippen molar-refractivity contribution in [1.29, 1.82) is 0 Å². The van der Waals surface area contributed by atoms with Gasteiger partial charge in [-0.1, -0.05) is 26.0 Å². The number of β-amino-alcohol motifs (C(OH)–C–C–N with tert-alkyl or cyclic N) is 1. The minimum Gasteiger partial charge on any atom is -0.392 e. The van der Waals surface area contributed by atoms with Gasteiger partial charge in [-0.15, -0.1) is 13.2 Å². The average molecular weight is 295 g/mol. The molecule has 1 saturated heterocycles. The van der Waals surface area contributed by atoms with E-state index < -0.39 is 6.10 Å². The van der Waals surface area contributed by atoms with Gasteiger partial charge >= 0.3 is 0 Å². The second-order valence-corrected chi connectivity index (χ2v) is 5.94. The highest BCUT2D eigenvalue weighted by Gasteiger charge is 2.29. The van der Waals surface area contributed by atoms with Crippen LogP contribution in [0, 0.1) is 5.92 Å². The van der Waals surface area contributed by atoms with E-state index in [9.17, 15) is 9.90 Å². The van der Waals surface area contributed by atoms with Crippen LogP contribution in [0.3, 0.4) is 0 Å². The van der Waals surface area contributed by atoms with Crippen molar-refractivity contribution in [1.82, 2.24) is 15.5 Å².